The van der Waals surface area contributed by atoms with E-state index in [2.05, 4.69) is 0 Å². The van der Waals surface area contributed by atoms with E-state index in [-0.39, 0.29) is 23.4 Å². The number of aromatic nitrogens is 3. The molecule has 0 saturated carbocycles. The van der Waals surface area contributed by atoms with Crippen molar-refractivity contribution >= 4 is 11.7 Å². The highest BCUT2D eigenvalue weighted by Crippen LogP contribution is 2.27. The highest BCUT2D eigenvalue weighted by Gasteiger charge is 2.22. The molecule has 0 bridgehead atoms. The van der Waals surface area contributed by atoms with Gasteiger partial charge in [-0.15, -0.1) is 0 Å². The Kier molecular flexibility index (Phi) is 6.63. The van der Waals surface area contributed by atoms with Crippen LogP contribution in [0.5, 0.6) is 5.75 Å². The van der Waals surface area contributed by atoms with Crippen LogP contribution < -0.4 is 10.3 Å². The minimum absolute atomic E-state index is 0.111. The molecule has 192 valence electrons. The normalized spacial score (nSPS) is 11.2. The van der Waals surface area contributed by atoms with Crippen LogP contribution in [0.4, 0.5) is 8.78 Å². The topological polar surface area (TPSA) is 65.6 Å². The minimum atomic E-state index is -0.671. The number of imidazole rings is 1. The van der Waals surface area contributed by atoms with Gasteiger partial charge >= 0.3 is 5.97 Å². The molecule has 0 aliphatic carbocycles. The molecule has 0 aliphatic rings. The summed E-state index contributed by atoms with van der Waals surface area (Å²) in [5, 5.41) is 0. The third kappa shape index (κ3) is 4.61. The summed E-state index contributed by atoms with van der Waals surface area (Å²) in [6.07, 6.45) is 0.352. The lowest BCUT2D eigenvalue weighted by molar-refractivity contribution is -0.131. The van der Waals surface area contributed by atoms with Crippen molar-refractivity contribution in [3.8, 4) is 17.0 Å². The molecule has 8 heteroatoms. The van der Waals surface area contributed by atoms with E-state index in [9.17, 15) is 18.4 Å². The number of halogens is 2. The largest absolute Gasteiger partial charge is 0.427 e. The third-order valence-electron chi connectivity index (χ3n) is 6.63. The second-order valence-electron chi connectivity index (χ2n) is 9.12. The lowest BCUT2D eigenvalue weighted by Gasteiger charge is -2.17. The van der Waals surface area contributed by atoms with Gasteiger partial charge in [-0.2, -0.15) is 0 Å². The summed E-state index contributed by atoms with van der Waals surface area (Å²) >= 11 is 0. The summed E-state index contributed by atoms with van der Waals surface area (Å²) in [5.74, 6) is -1.10. The Morgan fingerprint density at radius 2 is 1.53 bits per heavy atom. The smallest absolute Gasteiger partial charge is 0.308 e. The summed E-state index contributed by atoms with van der Waals surface area (Å²) in [6, 6.07) is 20.1. The van der Waals surface area contributed by atoms with E-state index in [1.54, 1.807) is 42.7 Å². The first-order valence-corrected chi connectivity index (χ1v) is 12.1. The lowest BCUT2D eigenvalue weighted by Crippen LogP contribution is -2.27. The Bertz CT molecular complexity index is 1700. The summed E-state index contributed by atoms with van der Waals surface area (Å²) < 4.78 is 37.7. The molecule has 5 rings (SSSR count). The molecule has 0 N–H and O–H groups in total. The quantitative estimate of drug-likeness (QED) is 0.218. The van der Waals surface area contributed by atoms with Gasteiger partial charge in [-0.05, 0) is 55.8 Å². The number of hydrogen-bond donors (Lipinski definition) is 0. The first kappa shape index (κ1) is 25.1. The SMILES string of the molecule is CC(=O)Oc1ccc(-c2nc3n(Cc4c(F)cccc4F)c(C)c(Cc4ccccc4)c(=O)n3c2C)cc1. The predicted octanol–water partition coefficient (Wildman–Crippen LogP) is 5.62. The number of hydrogen-bond acceptors (Lipinski definition) is 4. The van der Waals surface area contributed by atoms with Crippen molar-refractivity contribution in [3.63, 3.8) is 0 Å². The fourth-order valence-corrected chi connectivity index (χ4v) is 4.67. The molecule has 38 heavy (non-hydrogen) atoms. The third-order valence-corrected chi connectivity index (χ3v) is 6.63. The Balaban J connectivity index is 1.73. The van der Waals surface area contributed by atoms with Crippen LogP contribution in [0.3, 0.4) is 0 Å². The Hall–Kier alpha value is -4.59. The molecule has 0 spiro atoms. The van der Waals surface area contributed by atoms with Crippen LogP contribution >= 0.6 is 0 Å². The molecule has 0 radical (unpaired) electrons. The fraction of sp³-hybridized carbons (Fsp3) is 0.167. The van der Waals surface area contributed by atoms with Crippen molar-refractivity contribution < 1.29 is 18.3 Å². The molecular weight excluding hydrogens is 488 g/mol. The first-order chi connectivity index (χ1) is 18.2. The molecule has 2 heterocycles. The van der Waals surface area contributed by atoms with Crippen molar-refractivity contribution in [2.75, 3.05) is 0 Å². The zero-order valence-electron chi connectivity index (χ0n) is 21.2. The van der Waals surface area contributed by atoms with Crippen molar-refractivity contribution in [2.45, 2.75) is 33.7 Å². The number of benzene rings is 3. The van der Waals surface area contributed by atoms with Gasteiger partial charge in [-0.1, -0.05) is 36.4 Å². The number of aryl methyl sites for hydroxylation is 1. The van der Waals surface area contributed by atoms with Gasteiger partial charge in [-0.25, -0.2) is 18.2 Å². The maximum Gasteiger partial charge on any atom is 0.308 e. The number of nitrogens with zero attached hydrogens (tertiary/aromatic N) is 3. The van der Waals surface area contributed by atoms with Crippen LogP contribution in [0.2, 0.25) is 0 Å². The molecule has 0 amide bonds. The summed E-state index contributed by atoms with van der Waals surface area (Å²) in [7, 11) is 0. The Morgan fingerprint density at radius 3 is 2.16 bits per heavy atom. The summed E-state index contributed by atoms with van der Waals surface area (Å²) in [6.45, 7) is 4.74. The van der Waals surface area contributed by atoms with Gasteiger partial charge in [0.1, 0.15) is 17.4 Å². The van der Waals surface area contributed by atoms with Gasteiger partial charge in [0.05, 0.1) is 17.9 Å². The van der Waals surface area contributed by atoms with Crippen LogP contribution in [0.15, 0.2) is 77.6 Å². The van der Waals surface area contributed by atoms with Gasteiger partial charge in [0.25, 0.3) is 5.56 Å². The number of rotatable bonds is 6. The van der Waals surface area contributed by atoms with Crippen LogP contribution in [-0.4, -0.2) is 19.9 Å². The van der Waals surface area contributed by atoms with E-state index in [0.717, 1.165) is 5.56 Å². The Labute approximate surface area is 217 Å². The molecule has 3 aromatic carbocycles. The first-order valence-electron chi connectivity index (χ1n) is 12.1. The van der Waals surface area contributed by atoms with Gasteiger partial charge in [0, 0.05) is 35.7 Å². The second-order valence-corrected chi connectivity index (χ2v) is 9.12. The molecule has 0 aliphatic heterocycles. The molecule has 2 aromatic heterocycles. The summed E-state index contributed by atoms with van der Waals surface area (Å²) in [4.78, 5) is 29.9. The Morgan fingerprint density at radius 1 is 0.868 bits per heavy atom. The maximum absolute atomic E-state index is 14.7. The number of carbonyl (C=O) groups is 1. The standard InChI is InChI=1S/C30H25F2N3O3/c1-18-24(16-21-8-5-4-6-9-21)29(37)35-19(2)28(22-12-14-23(15-13-22)38-20(3)36)33-30(35)34(18)17-25-26(31)10-7-11-27(25)32/h4-15H,16-17H2,1-3H3. The van der Waals surface area contributed by atoms with E-state index in [0.29, 0.717) is 40.4 Å². The van der Waals surface area contributed by atoms with Gasteiger partial charge < -0.3 is 9.30 Å². The molecule has 0 saturated heterocycles. The number of ether oxygens (including phenoxy) is 1. The fourth-order valence-electron chi connectivity index (χ4n) is 4.67. The molecule has 0 fully saturated rings. The van der Waals surface area contributed by atoms with Crippen LogP contribution in [-0.2, 0) is 17.8 Å². The van der Waals surface area contributed by atoms with E-state index in [1.807, 2.05) is 30.3 Å². The predicted molar refractivity (Wildman–Crippen MR) is 140 cm³/mol. The van der Waals surface area contributed by atoms with Crippen molar-refractivity contribution in [3.05, 3.63) is 123 Å². The minimum Gasteiger partial charge on any atom is -0.427 e. The van der Waals surface area contributed by atoms with E-state index < -0.39 is 17.6 Å². The number of carbonyl (C=O) groups excluding carboxylic acids is 1. The van der Waals surface area contributed by atoms with Crippen molar-refractivity contribution in [2.24, 2.45) is 0 Å². The highest BCUT2D eigenvalue weighted by atomic mass is 19.1. The van der Waals surface area contributed by atoms with Crippen molar-refractivity contribution in [1.29, 1.82) is 0 Å². The van der Waals surface area contributed by atoms with Gasteiger partial charge in [-0.3, -0.25) is 9.59 Å². The maximum atomic E-state index is 14.7. The number of esters is 1. The molecule has 0 atom stereocenters. The van der Waals surface area contributed by atoms with Gasteiger partial charge in [0.2, 0.25) is 5.78 Å². The van der Waals surface area contributed by atoms with Gasteiger partial charge in [0.15, 0.2) is 0 Å². The molecular formula is C30H25F2N3O3. The van der Waals surface area contributed by atoms with Crippen LogP contribution in [0, 0.1) is 25.5 Å². The molecule has 0 unspecified atom stereocenters. The average molecular weight is 514 g/mol. The highest BCUT2D eigenvalue weighted by molar-refractivity contribution is 5.71. The molecule has 5 aromatic rings. The van der Waals surface area contributed by atoms with Crippen molar-refractivity contribution in [1.82, 2.24) is 14.0 Å². The average Bonchev–Trinajstić information content (AvgIpc) is 3.23. The summed E-state index contributed by atoms with van der Waals surface area (Å²) in [5.41, 5.74) is 3.51. The van der Waals surface area contributed by atoms with Crippen LogP contribution in [0.1, 0.15) is 35.0 Å². The van der Waals surface area contributed by atoms with E-state index >= 15 is 0 Å². The zero-order valence-corrected chi connectivity index (χ0v) is 21.2. The second kappa shape index (κ2) is 10.0. The zero-order chi connectivity index (χ0) is 27.0. The van der Waals surface area contributed by atoms with E-state index in [4.69, 9.17) is 9.72 Å². The number of fused-ring (bicyclic) bond motifs is 1. The van der Waals surface area contributed by atoms with Crippen LogP contribution in [0.25, 0.3) is 17.0 Å². The van der Waals surface area contributed by atoms with E-state index in [1.165, 1.54) is 29.5 Å². The monoisotopic (exact) mass is 513 g/mol. The lowest BCUT2D eigenvalue weighted by atomic mass is 10.0. The molecule has 6 nitrogen and oxygen atoms in total.